The maximum atomic E-state index is 12.4. The van der Waals surface area contributed by atoms with Gasteiger partial charge in [0.15, 0.2) is 0 Å². The van der Waals surface area contributed by atoms with Gasteiger partial charge in [0.2, 0.25) is 0 Å². The minimum atomic E-state index is -0.0782. The second-order valence-electron chi connectivity index (χ2n) is 5.25. The molecule has 0 saturated heterocycles. The van der Waals surface area contributed by atoms with Gasteiger partial charge in [0.25, 0.3) is 5.91 Å². The predicted molar refractivity (Wildman–Crippen MR) is 81.0 cm³/mol. The molecule has 0 bridgehead atoms. The first-order valence-corrected chi connectivity index (χ1v) is 7.38. The summed E-state index contributed by atoms with van der Waals surface area (Å²) in [6, 6.07) is -0.0277. The number of aryl methyl sites for hydroxylation is 2. The molecule has 6 heteroatoms. The highest BCUT2D eigenvalue weighted by atomic mass is 16.1. The Labute approximate surface area is 125 Å². The maximum Gasteiger partial charge on any atom is 0.255 e. The third kappa shape index (κ3) is 3.32. The van der Waals surface area contributed by atoms with Crippen molar-refractivity contribution in [1.29, 1.82) is 0 Å². The fourth-order valence-electron chi connectivity index (χ4n) is 2.38. The van der Waals surface area contributed by atoms with Gasteiger partial charge in [0, 0.05) is 31.0 Å². The van der Waals surface area contributed by atoms with Gasteiger partial charge in [0.05, 0.1) is 24.0 Å². The van der Waals surface area contributed by atoms with Crippen LogP contribution in [-0.4, -0.2) is 25.5 Å². The van der Waals surface area contributed by atoms with Gasteiger partial charge >= 0.3 is 0 Å². The molecule has 21 heavy (non-hydrogen) atoms. The highest BCUT2D eigenvalue weighted by Crippen LogP contribution is 2.17. The van der Waals surface area contributed by atoms with Crippen molar-refractivity contribution < 1.29 is 4.79 Å². The van der Waals surface area contributed by atoms with E-state index in [1.54, 1.807) is 17.1 Å². The Hall–Kier alpha value is -2.11. The first-order valence-electron chi connectivity index (χ1n) is 7.38. The van der Waals surface area contributed by atoms with Crippen molar-refractivity contribution in [3.63, 3.8) is 0 Å². The summed E-state index contributed by atoms with van der Waals surface area (Å²) >= 11 is 0. The Kier molecular flexibility index (Phi) is 4.77. The molecule has 0 saturated carbocycles. The minimum absolute atomic E-state index is 0.0277. The molecule has 2 aromatic heterocycles. The summed E-state index contributed by atoms with van der Waals surface area (Å²) in [7, 11) is 1.87. The number of nitrogens with zero attached hydrogens (tertiary/aromatic N) is 4. The lowest BCUT2D eigenvalue weighted by molar-refractivity contribution is 0.0935. The van der Waals surface area contributed by atoms with Gasteiger partial charge in [-0.1, -0.05) is 13.8 Å². The SMILES string of the molecule is CCCn1ncc(C(=O)N[C@H](CC)c2cnn(C)c2)c1C. The van der Waals surface area contributed by atoms with E-state index in [0.717, 1.165) is 30.6 Å². The molecule has 114 valence electrons. The third-order valence-corrected chi connectivity index (χ3v) is 3.62. The monoisotopic (exact) mass is 289 g/mol. The number of carbonyl (C=O) groups is 1. The molecule has 0 spiro atoms. The molecular weight excluding hydrogens is 266 g/mol. The summed E-state index contributed by atoms with van der Waals surface area (Å²) in [5.74, 6) is -0.0782. The molecular formula is C15H23N5O. The van der Waals surface area contributed by atoms with Crippen LogP contribution >= 0.6 is 0 Å². The third-order valence-electron chi connectivity index (χ3n) is 3.62. The van der Waals surface area contributed by atoms with E-state index in [1.165, 1.54) is 0 Å². The van der Waals surface area contributed by atoms with Crippen molar-refractivity contribution in [1.82, 2.24) is 24.9 Å². The van der Waals surface area contributed by atoms with Crippen molar-refractivity contribution in [2.45, 2.75) is 46.2 Å². The molecule has 0 unspecified atom stereocenters. The molecule has 0 fully saturated rings. The second kappa shape index (κ2) is 6.56. The van der Waals surface area contributed by atoms with Crippen LogP contribution < -0.4 is 5.32 Å². The topological polar surface area (TPSA) is 64.7 Å². The Balaban J connectivity index is 2.13. The average Bonchev–Trinajstić information content (AvgIpc) is 3.04. The summed E-state index contributed by atoms with van der Waals surface area (Å²) in [5, 5.41) is 11.5. The molecule has 0 aliphatic rings. The molecule has 2 heterocycles. The van der Waals surface area contributed by atoms with E-state index in [2.05, 4.69) is 22.4 Å². The standard InChI is InChI=1S/C15H23N5O/c1-5-7-20-11(3)13(9-17-20)15(21)18-14(6-2)12-8-16-19(4)10-12/h8-10,14H,5-7H2,1-4H3,(H,18,21)/t14-/m1/s1. The van der Waals surface area contributed by atoms with E-state index >= 15 is 0 Å². The zero-order chi connectivity index (χ0) is 15.4. The number of amides is 1. The van der Waals surface area contributed by atoms with E-state index in [9.17, 15) is 4.79 Å². The van der Waals surface area contributed by atoms with E-state index in [-0.39, 0.29) is 11.9 Å². The minimum Gasteiger partial charge on any atom is -0.345 e. The van der Waals surface area contributed by atoms with Gasteiger partial charge in [-0.2, -0.15) is 10.2 Å². The Bertz CT molecular complexity index is 613. The molecule has 0 radical (unpaired) electrons. The van der Waals surface area contributed by atoms with Gasteiger partial charge in [-0.15, -0.1) is 0 Å². The summed E-state index contributed by atoms with van der Waals surface area (Å²) < 4.78 is 3.62. The van der Waals surface area contributed by atoms with Gasteiger partial charge in [-0.05, 0) is 19.8 Å². The second-order valence-corrected chi connectivity index (χ2v) is 5.25. The van der Waals surface area contributed by atoms with Crippen LogP contribution in [0.15, 0.2) is 18.6 Å². The molecule has 0 aromatic carbocycles. The summed E-state index contributed by atoms with van der Waals surface area (Å²) in [4.78, 5) is 12.4. The Morgan fingerprint density at radius 1 is 1.33 bits per heavy atom. The van der Waals surface area contributed by atoms with Crippen LogP contribution in [0.1, 0.15) is 54.3 Å². The van der Waals surface area contributed by atoms with E-state index in [4.69, 9.17) is 0 Å². The van der Waals surface area contributed by atoms with Crippen molar-refractivity contribution in [3.8, 4) is 0 Å². The van der Waals surface area contributed by atoms with Crippen LogP contribution in [0.25, 0.3) is 0 Å². The van der Waals surface area contributed by atoms with E-state index < -0.39 is 0 Å². The van der Waals surface area contributed by atoms with E-state index in [1.807, 2.05) is 31.8 Å². The molecule has 0 aliphatic carbocycles. The van der Waals surface area contributed by atoms with Gasteiger partial charge in [-0.25, -0.2) is 0 Å². The highest BCUT2D eigenvalue weighted by Gasteiger charge is 2.19. The predicted octanol–water partition coefficient (Wildman–Crippen LogP) is 2.22. The van der Waals surface area contributed by atoms with Crippen LogP contribution in [0.2, 0.25) is 0 Å². The summed E-state index contributed by atoms with van der Waals surface area (Å²) in [5.41, 5.74) is 2.58. The maximum absolute atomic E-state index is 12.4. The summed E-state index contributed by atoms with van der Waals surface area (Å²) in [6.07, 6.45) is 7.19. The average molecular weight is 289 g/mol. The number of nitrogens with one attached hydrogen (secondary N) is 1. The van der Waals surface area contributed by atoms with Crippen LogP contribution in [0, 0.1) is 6.92 Å². The van der Waals surface area contributed by atoms with Crippen molar-refractivity contribution in [2.75, 3.05) is 0 Å². The van der Waals surface area contributed by atoms with Crippen molar-refractivity contribution in [3.05, 3.63) is 35.4 Å². The van der Waals surface area contributed by atoms with Gasteiger partial charge in [-0.3, -0.25) is 14.2 Å². The zero-order valence-electron chi connectivity index (χ0n) is 13.1. The molecule has 6 nitrogen and oxygen atoms in total. The van der Waals surface area contributed by atoms with Gasteiger partial charge in [0.1, 0.15) is 0 Å². The largest absolute Gasteiger partial charge is 0.345 e. The summed E-state index contributed by atoms with van der Waals surface area (Å²) in [6.45, 7) is 6.91. The molecule has 2 rings (SSSR count). The normalized spacial score (nSPS) is 12.4. The fraction of sp³-hybridized carbons (Fsp3) is 0.533. The smallest absolute Gasteiger partial charge is 0.255 e. The number of carbonyl (C=O) groups excluding carboxylic acids is 1. The molecule has 0 aliphatic heterocycles. The van der Waals surface area contributed by atoms with Crippen molar-refractivity contribution in [2.24, 2.45) is 7.05 Å². The molecule has 2 aromatic rings. The van der Waals surface area contributed by atoms with Crippen LogP contribution in [0.5, 0.6) is 0 Å². The van der Waals surface area contributed by atoms with Crippen LogP contribution in [-0.2, 0) is 13.6 Å². The Morgan fingerprint density at radius 3 is 2.67 bits per heavy atom. The fourth-order valence-corrected chi connectivity index (χ4v) is 2.38. The zero-order valence-corrected chi connectivity index (χ0v) is 13.1. The number of hydrogen-bond donors (Lipinski definition) is 1. The molecule has 1 amide bonds. The number of hydrogen-bond acceptors (Lipinski definition) is 3. The van der Waals surface area contributed by atoms with Crippen LogP contribution in [0.4, 0.5) is 0 Å². The molecule has 1 atom stereocenters. The van der Waals surface area contributed by atoms with Crippen molar-refractivity contribution >= 4 is 5.91 Å². The first-order chi connectivity index (χ1) is 10.1. The highest BCUT2D eigenvalue weighted by molar-refractivity contribution is 5.95. The Morgan fingerprint density at radius 2 is 2.10 bits per heavy atom. The van der Waals surface area contributed by atoms with Crippen LogP contribution in [0.3, 0.4) is 0 Å². The first kappa shape index (κ1) is 15.3. The quantitative estimate of drug-likeness (QED) is 0.886. The lowest BCUT2D eigenvalue weighted by Crippen LogP contribution is -2.28. The molecule has 1 N–H and O–H groups in total. The lowest BCUT2D eigenvalue weighted by atomic mass is 10.1. The van der Waals surface area contributed by atoms with Gasteiger partial charge < -0.3 is 5.32 Å². The lowest BCUT2D eigenvalue weighted by Gasteiger charge is -2.15. The number of aromatic nitrogens is 4. The van der Waals surface area contributed by atoms with E-state index in [0.29, 0.717) is 5.56 Å². The number of rotatable bonds is 6.